The zero-order valence-electron chi connectivity index (χ0n) is 20.4. The third kappa shape index (κ3) is 5.29. The zero-order valence-corrected chi connectivity index (χ0v) is 21.2. The van der Waals surface area contributed by atoms with E-state index in [0.717, 1.165) is 47.1 Å². The first kappa shape index (κ1) is 24.1. The van der Waals surface area contributed by atoms with Crippen molar-refractivity contribution < 1.29 is 9.53 Å². The Morgan fingerprint density at radius 3 is 2.36 bits per heavy atom. The number of benzene rings is 3. The Kier molecular flexibility index (Phi) is 7.34. The Labute approximate surface area is 215 Å². The van der Waals surface area contributed by atoms with Crippen LogP contribution in [0.3, 0.4) is 0 Å². The number of aromatic nitrogens is 3. The molecule has 1 amide bonds. The molecule has 1 N–H and O–H groups in total. The summed E-state index contributed by atoms with van der Waals surface area (Å²) in [5.41, 5.74) is 4.79. The van der Waals surface area contributed by atoms with E-state index in [2.05, 4.69) is 20.4 Å². The van der Waals surface area contributed by atoms with E-state index >= 15 is 0 Å². The Morgan fingerprint density at radius 2 is 1.64 bits per heavy atom. The Morgan fingerprint density at radius 1 is 0.944 bits per heavy atom. The van der Waals surface area contributed by atoms with Gasteiger partial charge in [-0.3, -0.25) is 9.36 Å². The van der Waals surface area contributed by atoms with E-state index in [1.807, 2.05) is 97.3 Å². The number of carbonyl (C=O) groups excluding carboxylic acids is 1. The second-order valence-corrected chi connectivity index (χ2v) is 9.84. The number of carbonyl (C=O) groups is 1. The highest BCUT2D eigenvalue weighted by Crippen LogP contribution is 2.38. The van der Waals surface area contributed by atoms with Crippen LogP contribution in [0.15, 0.2) is 84.0 Å². The molecule has 0 aliphatic carbocycles. The molecule has 1 saturated heterocycles. The van der Waals surface area contributed by atoms with Crippen molar-refractivity contribution in [1.29, 1.82) is 0 Å². The lowest BCUT2D eigenvalue weighted by molar-refractivity contribution is -0.115. The van der Waals surface area contributed by atoms with Crippen LogP contribution in [0.5, 0.6) is 0 Å². The van der Waals surface area contributed by atoms with Gasteiger partial charge in [0, 0.05) is 18.8 Å². The lowest BCUT2D eigenvalue weighted by atomic mass is 10.1. The fourth-order valence-corrected chi connectivity index (χ4v) is 5.24. The van der Waals surface area contributed by atoms with Crippen LogP contribution < -0.4 is 10.2 Å². The van der Waals surface area contributed by atoms with Gasteiger partial charge >= 0.3 is 0 Å². The van der Waals surface area contributed by atoms with Gasteiger partial charge in [0.25, 0.3) is 0 Å². The fraction of sp³-hybridized carbons (Fsp3) is 0.250. The van der Waals surface area contributed by atoms with Gasteiger partial charge in [-0.2, -0.15) is 0 Å². The summed E-state index contributed by atoms with van der Waals surface area (Å²) in [5, 5.41) is 12.4. The highest BCUT2D eigenvalue weighted by Gasteiger charge is 2.28. The summed E-state index contributed by atoms with van der Waals surface area (Å²) in [6, 6.07) is 25.9. The number of nitrogens with zero attached hydrogens (tertiary/aromatic N) is 4. The SMILES string of the molecule is Cc1ccc(C)c(NC(=O)[C@@H](Sc2nnc(N3CCOCC3)n2-c2ccccc2)c2ccccc2)c1. The highest BCUT2D eigenvalue weighted by atomic mass is 32.2. The van der Waals surface area contributed by atoms with Crippen LogP contribution in [0.25, 0.3) is 5.69 Å². The second kappa shape index (κ2) is 11.0. The number of anilines is 2. The molecule has 5 rings (SSSR count). The van der Waals surface area contributed by atoms with Crippen molar-refractivity contribution in [2.75, 3.05) is 36.5 Å². The van der Waals surface area contributed by atoms with Crippen LogP contribution in [0, 0.1) is 13.8 Å². The largest absolute Gasteiger partial charge is 0.378 e. The standard InChI is InChI=1S/C28H29N5O2S/c1-20-13-14-21(2)24(19-20)29-26(34)25(22-9-5-3-6-10-22)36-28-31-30-27(32-15-17-35-18-16-32)33(28)23-11-7-4-8-12-23/h3-14,19,25H,15-18H2,1-2H3,(H,29,34)/t25-/m0/s1. The average Bonchev–Trinajstić information content (AvgIpc) is 3.34. The third-order valence-electron chi connectivity index (χ3n) is 6.14. The Bertz CT molecular complexity index is 1320. The number of thioether (sulfide) groups is 1. The number of morpholine rings is 1. The summed E-state index contributed by atoms with van der Waals surface area (Å²) < 4.78 is 7.58. The van der Waals surface area contributed by atoms with Gasteiger partial charge in [0.05, 0.1) is 18.9 Å². The molecule has 0 unspecified atom stereocenters. The molecule has 0 saturated carbocycles. The van der Waals surface area contributed by atoms with E-state index in [4.69, 9.17) is 4.74 Å². The number of para-hydroxylation sites is 1. The van der Waals surface area contributed by atoms with Crippen LogP contribution in [0.2, 0.25) is 0 Å². The van der Waals surface area contributed by atoms with Crippen molar-refractivity contribution in [1.82, 2.24) is 14.8 Å². The molecule has 0 bridgehead atoms. The molecular weight excluding hydrogens is 470 g/mol. The first-order valence-electron chi connectivity index (χ1n) is 12.0. The van der Waals surface area contributed by atoms with Crippen LogP contribution >= 0.6 is 11.8 Å². The molecule has 3 aromatic carbocycles. The number of nitrogens with one attached hydrogen (secondary N) is 1. The van der Waals surface area contributed by atoms with E-state index in [9.17, 15) is 4.79 Å². The topological polar surface area (TPSA) is 72.3 Å². The summed E-state index contributed by atoms with van der Waals surface area (Å²) in [7, 11) is 0. The molecule has 8 heteroatoms. The van der Waals surface area contributed by atoms with Crippen molar-refractivity contribution in [2.45, 2.75) is 24.3 Å². The molecule has 2 heterocycles. The molecule has 1 aliphatic heterocycles. The van der Waals surface area contributed by atoms with Crippen molar-refractivity contribution in [3.8, 4) is 5.69 Å². The van der Waals surface area contributed by atoms with Crippen LogP contribution in [0.4, 0.5) is 11.6 Å². The van der Waals surface area contributed by atoms with E-state index in [0.29, 0.717) is 18.4 Å². The fourth-order valence-electron chi connectivity index (χ4n) is 4.18. The molecule has 1 aromatic heterocycles. The molecule has 36 heavy (non-hydrogen) atoms. The normalized spacial score (nSPS) is 14.4. The maximum atomic E-state index is 13.7. The molecule has 0 spiro atoms. The van der Waals surface area contributed by atoms with Crippen LogP contribution in [0.1, 0.15) is 21.9 Å². The molecule has 184 valence electrons. The predicted octanol–water partition coefficient (Wildman–Crippen LogP) is 5.19. The number of rotatable bonds is 7. The summed E-state index contributed by atoms with van der Waals surface area (Å²) in [6.45, 7) is 6.80. The second-order valence-electron chi connectivity index (χ2n) is 8.77. The number of aryl methyl sites for hydroxylation is 2. The zero-order chi connectivity index (χ0) is 24.9. The lowest BCUT2D eigenvalue weighted by Gasteiger charge is -2.28. The van der Waals surface area contributed by atoms with Gasteiger partial charge in [0.15, 0.2) is 5.16 Å². The van der Waals surface area contributed by atoms with E-state index in [-0.39, 0.29) is 5.91 Å². The molecule has 4 aromatic rings. The smallest absolute Gasteiger partial charge is 0.242 e. The minimum atomic E-state index is -0.518. The maximum absolute atomic E-state index is 13.7. The van der Waals surface area contributed by atoms with Crippen molar-refractivity contribution in [2.24, 2.45) is 0 Å². The lowest BCUT2D eigenvalue weighted by Crippen LogP contribution is -2.37. The van der Waals surface area contributed by atoms with Gasteiger partial charge in [-0.05, 0) is 48.7 Å². The predicted molar refractivity (Wildman–Crippen MR) is 144 cm³/mol. The van der Waals surface area contributed by atoms with Crippen LogP contribution in [-0.4, -0.2) is 47.0 Å². The molecule has 1 fully saturated rings. The molecule has 7 nitrogen and oxygen atoms in total. The summed E-state index contributed by atoms with van der Waals surface area (Å²) in [5.74, 6) is 0.657. The number of hydrogen-bond acceptors (Lipinski definition) is 6. The molecule has 0 radical (unpaired) electrons. The minimum absolute atomic E-state index is 0.101. The summed E-state index contributed by atoms with van der Waals surface area (Å²) in [6.07, 6.45) is 0. The first-order chi connectivity index (χ1) is 17.6. The van der Waals surface area contributed by atoms with Crippen molar-refractivity contribution in [3.05, 3.63) is 95.6 Å². The van der Waals surface area contributed by atoms with Gasteiger partial charge in [-0.1, -0.05) is 72.4 Å². The number of amides is 1. The van der Waals surface area contributed by atoms with Crippen molar-refractivity contribution >= 4 is 29.3 Å². The first-order valence-corrected chi connectivity index (χ1v) is 12.9. The van der Waals surface area contributed by atoms with E-state index in [1.165, 1.54) is 11.8 Å². The van der Waals surface area contributed by atoms with Gasteiger partial charge in [-0.25, -0.2) is 0 Å². The summed E-state index contributed by atoms with van der Waals surface area (Å²) >= 11 is 1.40. The Hall–Kier alpha value is -3.62. The highest BCUT2D eigenvalue weighted by molar-refractivity contribution is 8.00. The van der Waals surface area contributed by atoms with Gasteiger partial charge in [0.1, 0.15) is 5.25 Å². The van der Waals surface area contributed by atoms with Gasteiger partial charge < -0.3 is 15.0 Å². The molecule has 1 aliphatic rings. The average molecular weight is 500 g/mol. The summed E-state index contributed by atoms with van der Waals surface area (Å²) in [4.78, 5) is 15.9. The number of ether oxygens (including phenoxy) is 1. The van der Waals surface area contributed by atoms with E-state index < -0.39 is 5.25 Å². The number of hydrogen-bond donors (Lipinski definition) is 1. The van der Waals surface area contributed by atoms with Crippen molar-refractivity contribution in [3.63, 3.8) is 0 Å². The van der Waals surface area contributed by atoms with Crippen LogP contribution in [-0.2, 0) is 9.53 Å². The Balaban J connectivity index is 1.52. The third-order valence-corrected chi connectivity index (χ3v) is 7.34. The van der Waals surface area contributed by atoms with Gasteiger partial charge in [-0.15, -0.1) is 10.2 Å². The minimum Gasteiger partial charge on any atom is -0.378 e. The molecule has 1 atom stereocenters. The monoisotopic (exact) mass is 499 g/mol. The quantitative estimate of drug-likeness (QED) is 0.353. The van der Waals surface area contributed by atoms with E-state index in [1.54, 1.807) is 0 Å². The van der Waals surface area contributed by atoms with Gasteiger partial charge in [0.2, 0.25) is 11.9 Å². The molecular formula is C28H29N5O2S. The maximum Gasteiger partial charge on any atom is 0.242 e.